The number of benzene rings is 3. The Labute approximate surface area is 185 Å². The number of hydrogen-bond donors (Lipinski definition) is 0. The number of carbonyl (C=O) groups excluding carboxylic acids is 2. The Morgan fingerprint density at radius 2 is 1.44 bits per heavy atom. The maximum atomic E-state index is 13.6. The van der Waals surface area contributed by atoms with Gasteiger partial charge in [0.25, 0.3) is 5.91 Å². The topological polar surface area (TPSA) is 68.3 Å². The van der Waals surface area contributed by atoms with Crippen LogP contribution in [-0.2, 0) is 14.4 Å². The zero-order valence-corrected chi connectivity index (χ0v) is 17.7. The van der Waals surface area contributed by atoms with Crippen LogP contribution < -0.4 is 19.4 Å². The predicted molar refractivity (Wildman–Crippen MR) is 119 cm³/mol. The van der Waals surface area contributed by atoms with Gasteiger partial charge in [-0.05, 0) is 42.5 Å². The molecule has 2 heterocycles. The van der Waals surface area contributed by atoms with Gasteiger partial charge >= 0.3 is 0 Å². The van der Waals surface area contributed by atoms with Gasteiger partial charge < -0.3 is 9.47 Å². The highest BCUT2D eigenvalue weighted by atomic mass is 16.7. The molecule has 2 saturated heterocycles. The summed E-state index contributed by atoms with van der Waals surface area (Å²) in [6.07, 6.45) is -0.931. The van der Waals surface area contributed by atoms with Gasteiger partial charge in [-0.3, -0.25) is 14.4 Å². The van der Waals surface area contributed by atoms with Crippen LogP contribution in [0.15, 0.2) is 78.9 Å². The number of carbonyl (C=O) groups is 2. The fraction of sp³-hybridized carbons (Fsp3) is 0.200. The summed E-state index contributed by atoms with van der Waals surface area (Å²) >= 11 is 0. The van der Waals surface area contributed by atoms with Gasteiger partial charge in [0, 0.05) is 5.56 Å². The van der Waals surface area contributed by atoms with Crippen LogP contribution in [0.5, 0.6) is 11.5 Å². The van der Waals surface area contributed by atoms with E-state index < -0.39 is 18.1 Å². The van der Waals surface area contributed by atoms with E-state index in [0.717, 1.165) is 11.3 Å². The summed E-state index contributed by atoms with van der Waals surface area (Å²) in [6, 6.07) is 23.3. The van der Waals surface area contributed by atoms with E-state index in [9.17, 15) is 9.59 Å². The fourth-order valence-corrected chi connectivity index (χ4v) is 4.43. The molecular formula is C25H22N2O5. The smallest absolute Gasteiger partial charge is 0.266 e. The maximum absolute atomic E-state index is 13.6. The summed E-state index contributed by atoms with van der Waals surface area (Å²) in [5, 5.41) is 1.66. The molecule has 162 valence electrons. The van der Waals surface area contributed by atoms with Crippen molar-refractivity contribution in [3.63, 3.8) is 0 Å². The third-order valence-electron chi connectivity index (χ3n) is 5.91. The summed E-state index contributed by atoms with van der Waals surface area (Å²) < 4.78 is 10.8. The van der Waals surface area contributed by atoms with Crippen LogP contribution in [0.3, 0.4) is 0 Å². The summed E-state index contributed by atoms with van der Waals surface area (Å²) in [4.78, 5) is 34.4. The molecule has 2 aliphatic heterocycles. The zero-order valence-electron chi connectivity index (χ0n) is 17.7. The first-order chi connectivity index (χ1) is 15.6. The standard InChI is InChI=1S/C25H22N2O5/c1-30-18-14-12-16(13-15-18)26-24(28)21-22(19-10-6-7-11-20(19)31-2)27(32-23(21)25(26)29)17-8-4-3-5-9-17/h3-15,21-23H,1-2H3. The molecule has 3 atom stereocenters. The number of hydrogen-bond acceptors (Lipinski definition) is 6. The van der Waals surface area contributed by atoms with Crippen molar-refractivity contribution in [1.29, 1.82) is 0 Å². The minimum Gasteiger partial charge on any atom is -0.497 e. The minimum absolute atomic E-state index is 0.306. The van der Waals surface area contributed by atoms with E-state index in [1.54, 1.807) is 43.5 Å². The number of imide groups is 1. The molecule has 0 bridgehead atoms. The van der Waals surface area contributed by atoms with Gasteiger partial charge in [-0.2, -0.15) is 0 Å². The molecule has 7 heteroatoms. The van der Waals surface area contributed by atoms with E-state index in [2.05, 4.69) is 0 Å². The molecule has 0 spiro atoms. The number of hydroxylamine groups is 1. The third-order valence-corrected chi connectivity index (χ3v) is 5.91. The van der Waals surface area contributed by atoms with Gasteiger partial charge in [0.1, 0.15) is 17.4 Å². The summed E-state index contributed by atoms with van der Waals surface area (Å²) in [5.41, 5.74) is 2.03. The van der Waals surface area contributed by atoms with Gasteiger partial charge in [0.15, 0.2) is 6.10 Å². The van der Waals surface area contributed by atoms with Crippen molar-refractivity contribution >= 4 is 23.2 Å². The van der Waals surface area contributed by atoms with E-state index >= 15 is 0 Å². The number of nitrogens with zero attached hydrogens (tertiary/aromatic N) is 2. The fourth-order valence-electron chi connectivity index (χ4n) is 4.43. The largest absolute Gasteiger partial charge is 0.497 e. The van der Waals surface area contributed by atoms with Gasteiger partial charge in [0.2, 0.25) is 5.91 Å². The maximum Gasteiger partial charge on any atom is 0.266 e. The van der Waals surface area contributed by atoms with Crippen LogP contribution in [-0.4, -0.2) is 32.1 Å². The van der Waals surface area contributed by atoms with Crippen LogP contribution in [0.2, 0.25) is 0 Å². The first kappa shape index (κ1) is 20.1. The van der Waals surface area contributed by atoms with Crippen LogP contribution in [0.1, 0.15) is 11.6 Å². The molecule has 0 aromatic heterocycles. The molecule has 32 heavy (non-hydrogen) atoms. The van der Waals surface area contributed by atoms with Crippen LogP contribution in [0, 0.1) is 5.92 Å². The molecule has 2 amide bonds. The van der Waals surface area contributed by atoms with Crippen molar-refractivity contribution in [3.8, 4) is 11.5 Å². The quantitative estimate of drug-likeness (QED) is 0.575. The van der Waals surface area contributed by atoms with Crippen molar-refractivity contribution in [2.45, 2.75) is 12.1 Å². The SMILES string of the molecule is COc1ccc(N2C(=O)C3ON(c4ccccc4)C(c4ccccc4OC)C3C2=O)cc1. The van der Waals surface area contributed by atoms with Gasteiger partial charge in [0.05, 0.1) is 31.6 Å². The second kappa shape index (κ2) is 8.01. The lowest BCUT2D eigenvalue weighted by atomic mass is 9.90. The molecule has 3 aromatic rings. The lowest BCUT2D eigenvalue weighted by Crippen LogP contribution is -2.37. The Morgan fingerprint density at radius 3 is 2.12 bits per heavy atom. The van der Waals surface area contributed by atoms with E-state index in [0.29, 0.717) is 17.2 Å². The number of anilines is 2. The number of amides is 2. The molecule has 2 aliphatic rings. The Kier molecular flexibility index (Phi) is 5.03. The number of methoxy groups -OCH3 is 2. The van der Waals surface area contributed by atoms with Crippen LogP contribution in [0.25, 0.3) is 0 Å². The molecule has 2 fully saturated rings. The summed E-state index contributed by atoms with van der Waals surface area (Å²) in [5.74, 6) is -0.138. The van der Waals surface area contributed by atoms with Gasteiger partial charge in [-0.25, -0.2) is 9.96 Å². The molecule has 3 aromatic carbocycles. The molecule has 0 radical (unpaired) electrons. The summed E-state index contributed by atoms with van der Waals surface area (Å²) in [6.45, 7) is 0. The molecule has 0 aliphatic carbocycles. The highest BCUT2D eigenvalue weighted by molar-refractivity contribution is 6.24. The van der Waals surface area contributed by atoms with Gasteiger partial charge in [-0.15, -0.1) is 0 Å². The molecule has 5 rings (SSSR count). The number of fused-ring (bicyclic) bond motifs is 1. The Bertz CT molecular complexity index is 1150. The lowest BCUT2D eigenvalue weighted by molar-refractivity contribution is -0.126. The monoisotopic (exact) mass is 430 g/mol. The highest BCUT2D eigenvalue weighted by Gasteiger charge is 2.60. The first-order valence-electron chi connectivity index (χ1n) is 10.3. The minimum atomic E-state index is -0.931. The average molecular weight is 430 g/mol. The number of ether oxygens (including phenoxy) is 2. The molecule has 0 N–H and O–H groups in total. The van der Waals surface area contributed by atoms with Crippen LogP contribution in [0.4, 0.5) is 11.4 Å². The first-order valence-corrected chi connectivity index (χ1v) is 10.3. The normalized spacial score (nSPS) is 22.2. The van der Waals surface area contributed by atoms with Crippen molar-refractivity contribution in [3.05, 3.63) is 84.4 Å². The highest BCUT2D eigenvalue weighted by Crippen LogP contribution is 2.49. The summed E-state index contributed by atoms with van der Waals surface area (Å²) in [7, 11) is 3.15. The molecule has 0 saturated carbocycles. The van der Waals surface area contributed by atoms with Crippen molar-refractivity contribution < 1.29 is 23.9 Å². The van der Waals surface area contributed by atoms with Crippen molar-refractivity contribution in [2.24, 2.45) is 5.92 Å². The van der Waals surface area contributed by atoms with Crippen molar-refractivity contribution in [2.75, 3.05) is 24.2 Å². The Hall–Kier alpha value is -3.84. The second-order valence-corrected chi connectivity index (χ2v) is 7.61. The second-order valence-electron chi connectivity index (χ2n) is 7.61. The van der Waals surface area contributed by atoms with E-state index in [1.165, 1.54) is 4.90 Å². The Balaban J connectivity index is 1.59. The van der Waals surface area contributed by atoms with E-state index in [1.807, 2.05) is 54.6 Å². The number of rotatable bonds is 5. The predicted octanol–water partition coefficient (Wildman–Crippen LogP) is 3.75. The molecular weight excluding hydrogens is 408 g/mol. The number of para-hydroxylation sites is 2. The van der Waals surface area contributed by atoms with Gasteiger partial charge in [-0.1, -0.05) is 36.4 Å². The third kappa shape index (κ3) is 3.09. The average Bonchev–Trinajstić information content (AvgIpc) is 3.35. The Morgan fingerprint density at radius 1 is 0.750 bits per heavy atom. The zero-order chi connectivity index (χ0) is 22.2. The molecule has 3 unspecified atom stereocenters. The van der Waals surface area contributed by atoms with E-state index in [-0.39, 0.29) is 11.8 Å². The van der Waals surface area contributed by atoms with Crippen molar-refractivity contribution in [1.82, 2.24) is 0 Å². The molecule has 7 nitrogen and oxygen atoms in total. The van der Waals surface area contributed by atoms with E-state index in [4.69, 9.17) is 14.3 Å². The van der Waals surface area contributed by atoms with Crippen LogP contribution >= 0.6 is 0 Å². The lowest BCUT2D eigenvalue weighted by Gasteiger charge is -2.29.